The largest absolute Gasteiger partial charge is 0.396 e. The first-order valence-electron chi connectivity index (χ1n) is 6.70. The van der Waals surface area contributed by atoms with Gasteiger partial charge in [-0.25, -0.2) is 0 Å². The second-order valence-corrected chi connectivity index (χ2v) is 6.09. The molecule has 18 heavy (non-hydrogen) atoms. The van der Waals surface area contributed by atoms with E-state index in [4.69, 9.17) is 0 Å². The Kier molecular flexibility index (Phi) is 5.97. The van der Waals surface area contributed by atoms with Crippen LogP contribution in [0, 0.1) is 5.92 Å². The van der Waals surface area contributed by atoms with Crippen molar-refractivity contribution < 1.29 is 5.11 Å². The molecular weight excluding hydrogens is 244 g/mol. The first kappa shape index (κ1) is 13.8. The molecule has 0 spiro atoms. The van der Waals surface area contributed by atoms with Crippen LogP contribution in [0.3, 0.4) is 0 Å². The van der Waals surface area contributed by atoms with Crippen LogP contribution in [0.25, 0.3) is 0 Å². The molecule has 1 fully saturated rings. The lowest BCUT2D eigenvalue weighted by atomic mass is 10.0. The van der Waals surface area contributed by atoms with Gasteiger partial charge in [0.2, 0.25) is 0 Å². The third-order valence-electron chi connectivity index (χ3n) is 3.40. The molecule has 1 aromatic rings. The van der Waals surface area contributed by atoms with Gasteiger partial charge < -0.3 is 10.4 Å². The lowest BCUT2D eigenvalue weighted by molar-refractivity contribution is 0.216. The van der Waals surface area contributed by atoms with Gasteiger partial charge in [-0.05, 0) is 48.8 Å². The number of nitrogens with one attached hydrogen (secondary N) is 1. The highest BCUT2D eigenvalue weighted by atomic mass is 32.2. The summed E-state index contributed by atoms with van der Waals surface area (Å²) in [5, 5.41) is 13.0. The molecule has 1 aliphatic heterocycles. The van der Waals surface area contributed by atoms with Gasteiger partial charge in [0.1, 0.15) is 0 Å². The van der Waals surface area contributed by atoms with Crippen molar-refractivity contribution in [1.29, 1.82) is 0 Å². The first-order valence-corrected chi connectivity index (χ1v) is 7.86. The second kappa shape index (κ2) is 7.77. The summed E-state index contributed by atoms with van der Waals surface area (Å²) < 4.78 is 0. The van der Waals surface area contributed by atoms with Crippen LogP contribution >= 0.6 is 11.8 Å². The number of aliphatic hydroxyl groups excluding tert-OH is 1. The zero-order valence-electron chi connectivity index (χ0n) is 10.7. The van der Waals surface area contributed by atoms with Gasteiger partial charge in [-0.15, -0.1) is 0 Å². The van der Waals surface area contributed by atoms with Crippen molar-refractivity contribution in [3.05, 3.63) is 30.1 Å². The highest BCUT2D eigenvalue weighted by Crippen LogP contribution is 2.17. The fraction of sp³-hybridized carbons (Fsp3) is 0.643. The minimum atomic E-state index is 0.227. The Labute approximate surface area is 113 Å². The molecule has 1 aromatic heterocycles. The Hall–Kier alpha value is -0.580. The lowest BCUT2D eigenvalue weighted by Gasteiger charge is -2.25. The SMILES string of the molecule is OCC(CNC1CCSCC1)Cc1ccccn1. The van der Waals surface area contributed by atoms with Crippen LogP contribution < -0.4 is 5.32 Å². The quantitative estimate of drug-likeness (QED) is 0.823. The summed E-state index contributed by atoms with van der Waals surface area (Å²) in [6.45, 7) is 1.12. The van der Waals surface area contributed by atoms with Crippen LogP contribution in [0.1, 0.15) is 18.5 Å². The van der Waals surface area contributed by atoms with Gasteiger partial charge in [-0.1, -0.05) is 6.07 Å². The fourth-order valence-corrected chi connectivity index (χ4v) is 3.36. The van der Waals surface area contributed by atoms with E-state index in [1.54, 1.807) is 0 Å². The van der Waals surface area contributed by atoms with Crippen LogP contribution in [0.2, 0.25) is 0 Å². The van der Waals surface area contributed by atoms with Crippen molar-refractivity contribution in [2.75, 3.05) is 24.7 Å². The van der Waals surface area contributed by atoms with Gasteiger partial charge in [-0.3, -0.25) is 4.98 Å². The van der Waals surface area contributed by atoms with Gasteiger partial charge in [0.15, 0.2) is 0 Å². The predicted molar refractivity (Wildman–Crippen MR) is 76.9 cm³/mol. The maximum absolute atomic E-state index is 9.44. The van der Waals surface area contributed by atoms with Crippen molar-refractivity contribution in [2.45, 2.75) is 25.3 Å². The molecule has 0 aliphatic carbocycles. The Balaban J connectivity index is 1.75. The Morgan fingerprint density at radius 3 is 2.89 bits per heavy atom. The number of aromatic nitrogens is 1. The molecule has 2 rings (SSSR count). The van der Waals surface area contributed by atoms with Crippen molar-refractivity contribution >= 4 is 11.8 Å². The molecule has 2 heterocycles. The van der Waals surface area contributed by atoms with Crippen LogP contribution in [0.15, 0.2) is 24.4 Å². The summed E-state index contributed by atoms with van der Waals surface area (Å²) in [7, 11) is 0. The molecule has 4 heteroatoms. The third kappa shape index (κ3) is 4.59. The van der Waals surface area contributed by atoms with Gasteiger partial charge in [0, 0.05) is 31.1 Å². The Morgan fingerprint density at radius 2 is 2.22 bits per heavy atom. The number of thioether (sulfide) groups is 1. The zero-order valence-corrected chi connectivity index (χ0v) is 11.5. The summed E-state index contributed by atoms with van der Waals surface area (Å²) in [4.78, 5) is 4.32. The van der Waals surface area contributed by atoms with Gasteiger partial charge in [0.25, 0.3) is 0 Å². The molecule has 1 aliphatic rings. The number of hydrogen-bond acceptors (Lipinski definition) is 4. The number of aliphatic hydroxyl groups is 1. The van der Waals surface area contributed by atoms with Gasteiger partial charge >= 0.3 is 0 Å². The number of nitrogens with zero attached hydrogens (tertiary/aromatic N) is 1. The molecule has 3 nitrogen and oxygen atoms in total. The molecule has 0 amide bonds. The van der Waals surface area contributed by atoms with Crippen LogP contribution in [-0.2, 0) is 6.42 Å². The zero-order chi connectivity index (χ0) is 12.6. The minimum absolute atomic E-state index is 0.227. The van der Waals surface area contributed by atoms with E-state index < -0.39 is 0 Å². The van der Waals surface area contributed by atoms with Crippen LogP contribution in [-0.4, -0.2) is 40.8 Å². The molecule has 1 saturated heterocycles. The van der Waals surface area contributed by atoms with Gasteiger partial charge in [-0.2, -0.15) is 11.8 Å². The van der Waals surface area contributed by atoms with E-state index in [9.17, 15) is 5.11 Å². The molecule has 0 bridgehead atoms. The molecule has 0 radical (unpaired) electrons. The van der Waals surface area contributed by atoms with E-state index >= 15 is 0 Å². The average Bonchev–Trinajstić information content (AvgIpc) is 2.45. The highest BCUT2D eigenvalue weighted by Gasteiger charge is 2.15. The summed E-state index contributed by atoms with van der Waals surface area (Å²) in [6.07, 6.45) is 5.18. The van der Waals surface area contributed by atoms with E-state index in [1.165, 1.54) is 24.3 Å². The van der Waals surface area contributed by atoms with E-state index in [0.717, 1.165) is 18.7 Å². The first-order chi connectivity index (χ1) is 8.88. The van der Waals surface area contributed by atoms with E-state index in [0.29, 0.717) is 6.04 Å². The molecule has 2 N–H and O–H groups in total. The predicted octanol–water partition coefficient (Wildman–Crippen LogP) is 1.72. The highest BCUT2D eigenvalue weighted by molar-refractivity contribution is 7.99. The monoisotopic (exact) mass is 266 g/mol. The van der Waals surface area contributed by atoms with E-state index in [-0.39, 0.29) is 12.5 Å². The van der Waals surface area contributed by atoms with Crippen molar-refractivity contribution in [3.63, 3.8) is 0 Å². The summed E-state index contributed by atoms with van der Waals surface area (Å²) >= 11 is 2.04. The van der Waals surface area contributed by atoms with E-state index in [2.05, 4.69) is 10.3 Å². The maximum Gasteiger partial charge on any atom is 0.0475 e. The number of pyridine rings is 1. The Bertz CT molecular complexity index is 328. The van der Waals surface area contributed by atoms with E-state index in [1.807, 2.05) is 36.2 Å². The maximum atomic E-state index is 9.44. The standard InChI is InChI=1S/C14H22N2OS/c17-11-12(9-14-3-1-2-6-15-14)10-16-13-4-7-18-8-5-13/h1-3,6,12-13,16-17H,4-5,7-11H2. The smallest absolute Gasteiger partial charge is 0.0475 e. The molecule has 100 valence electrons. The summed E-state index contributed by atoms with van der Waals surface area (Å²) in [6, 6.07) is 6.60. The van der Waals surface area contributed by atoms with Crippen molar-refractivity contribution in [3.8, 4) is 0 Å². The third-order valence-corrected chi connectivity index (χ3v) is 4.45. The Morgan fingerprint density at radius 1 is 1.39 bits per heavy atom. The van der Waals surface area contributed by atoms with Crippen LogP contribution in [0.4, 0.5) is 0 Å². The average molecular weight is 266 g/mol. The number of hydrogen-bond donors (Lipinski definition) is 2. The summed E-state index contributed by atoms with van der Waals surface area (Å²) in [5.74, 6) is 2.80. The molecule has 1 atom stereocenters. The van der Waals surface area contributed by atoms with Gasteiger partial charge in [0.05, 0.1) is 0 Å². The fourth-order valence-electron chi connectivity index (χ4n) is 2.25. The molecule has 0 saturated carbocycles. The van der Waals surface area contributed by atoms with Crippen LogP contribution in [0.5, 0.6) is 0 Å². The van der Waals surface area contributed by atoms with Crippen molar-refractivity contribution in [2.24, 2.45) is 5.92 Å². The minimum Gasteiger partial charge on any atom is -0.396 e. The summed E-state index contributed by atoms with van der Waals surface area (Å²) in [5.41, 5.74) is 1.07. The normalized spacial score (nSPS) is 18.7. The topological polar surface area (TPSA) is 45.1 Å². The molecule has 0 aromatic carbocycles. The number of rotatable bonds is 6. The van der Waals surface area contributed by atoms with Crippen molar-refractivity contribution in [1.82, 2.24) is 10.3 Å². The molecule has 1 unspecified atom stereocenters. The molecular formula is C14H22N2OS. The lowest BCUT2D eigenvalue weighted by Crippen LogP contribution is -2.37. The second-order valence-electron chi connectivity index (χ2n) is 4.87.